The Morgan fingerprint density at radius 1 is 1.38 bits per heavy atom. The maximum absolute atomic E-state index is 15.2. The molecule has 2 aliphatic rings. The Balaban J connectivity index is 2.04. The molecule has 2 fully saturated rings. The minimum absolute atomic E-state index is 0.107. The Hall–Kier alpha value is -2.48. The summed E-state index contributed by atoms with van der Waals surface area (Å²) in [5, 5.41) is 12.7. The maximum atomic E-state index is 15.2. The largest absolute Gasteiger partial charge is 0.477 e. The van der Waals surface area contributed by atoms with Gasteiger partial charge in [-0.2, -0.15) is 0 Å². The number of carboxylic acid groups (broad SMARTS) is 1. The molecule has 1 saturated carbocycles. The molecule has 0 aromatic carbocycles. The first-order valence-electron chi connectivity index (χ1n) is 8.99. The highest BCUT2D eigenvalue weighted by Crippen LogP contribution is 2.38. The molecule has 0 unspecified atom stereocenters. The summed E-state index contributed by atoms with van der Waals surface area (Å²) in [5.74, 6) is -1.54. The van der Waals surface area contributed by atoms with Gasteiger partial charge in [-0.3, -0.25) is 4.79 Å². The van der Waals surface area contributed by atoms with Crippen molar-refractivity contribution in [3.63, 3.8) is 0 Å². The molecular weight excluding hydrogens is 339 g/mol. The third-order valence-corrected chi connectivity index (χ3v) is 5.12. The van der Waals surface area contributed by atoms with Crippen LogP contribution in [0.2, 0.25) is 0 Å². The van der Waals surface area contributed by atoms with Gasteiger partial charge in [0.2, 0.25) is 5.43 Å². The lowest BCUT2D eigenvalue weighted by Gasteiger charge is -2.29. The number of hydrogen-bond acceptors (Lipinski definition) is 5. The van der Waals surface area contributed by atoms with Gasteiger partial charge in [0.25, 0.3) is 0 Å². The van der Waals surface area contributed by atoms with Crippen LogP contribution in [-0.2, 0) is 6.42 Å². The first-order chi connectivity index (χ1) is 12.5. The molecule has 138 valence electrons. The molecule has 4 rings (SSSR count). The number of anilines is 1. The van der Waals surface area contributed by atoms with Crippen molar-refractivity contribution in [1.29, 1.82) is 0 Å². The minimum Gasteiger partial charge on any atom is -0.477 e. The highest BCUT2D eigenvalue weighted by atomic mass is 19.1. The van der Waals surface area contributed by atoms with Crippen LogP contribution < -0.4 is 15.6 Å². The Bertz CT molecular complexity index is 946. The van der Waals surface area contributed by atoms with Crippen molar-refractivity contribution in [3.05, 3.63) is 33.4 Å². The molecule has 2 aromatic heterocycles. The van der Waals surface area contributed by atoms with Crippen LogP contribution in [0.25, 0.3) is 11.0 Å². The molecule has 1 aliphatic carbocycles. The highest BCUT2D eigenvalue weighted by Gasteiger charge is 2.30. The molecule has 0 spiro atoms. The van der Waals surface area contributed by atoms with E-state index in [1.54, 1.807) is 11.5 Å². The van der Waals surface area contributed by atoms with E-state index < -0.39 is 17.2 Å². The number of aryl methyl sites for hydroxylation is 1. The van der Waals surface area contributed by atoms with Crippen LogP contribution in [0.15, 0.2) is 11.0 Å². The second-order valence-corrected chi connectivity index (χ2v) is 6.83. The average Bonchev–Trinajstić information content (AvgIpc) is 3.47. The van der Waals surface area contributed by atoms with Crippen LogP contribution in [0.5, 0.6) is 0 Å². The highest BCUT2D eigenvalue weighted by molar-refractivity contribution is 5.93. The number of piperazine rings is 1. The number of pyridine rings is 2. The molecule has 0 atom stereocenters. The lowest BCUT2D eigenvalue weighted by atomic mass is 10.0. The quantitative estimate of drug-likeness (QED) is 0.860. The van der Waals surface area contributed by atoms with Crippen LogP contribution in [-0.4, -0.2) is 46.8 Å². The third-order valence-electron chi connectivity index (χ3n) is 5.12. The number of halogens is 1. The van der Waals surface area contributed by atoms with E-state index in [0.29, 0.717) is 25.2 Å². The Morgan fingerprint density at radius 3 is 2.65 bits per heavy atom. The normalized spacial score (nSPS) is 17.7. The molecule has 3 heterocycles. The van der Waals surface area contributed by atoms with Gasteiger partial charge in [0.05, 0.1) is 5.39 Å². The van der Waals surface area contributed by atoms with Gasteiger partial charge in [-0.25, -0.2) is 14.2 Å². The summed E-state index contributed by atoms with van der Waals surface area (Å²) in [6.07, 6.45) is 3.48. The van der Waals surface area contributed by atoms with Crippen molar-refractivity contribution < 1.29 is 14.3 Å². The van der Waals surface area contributed by atoms with Crippen LogP contribution in [0.3, 0.4) is 0 Å². The second kappa shape index (κ2) is 6.35. The number of carboxylic acids is 1. The van der Waals surface area contributed by atoms with Gasteiger partial charge in [-0.1, -0.05) is 6.92 Å². The number of fused-ring (bicyclic) bond motifs is 1. The average molecular weight is 360 g/mol. The summed E-state index contributed by atoms with van der Waals surface area (Å²) >= 11 is 0. The Labute approximate surface area is 149 Å². The standard InChI is InChI=1S/C18H21FN4O3/c1-2-11-13-15(24)12(18(25)26)9-23(10-3-4-10)16(13)21-17(14(11)19)22-7-5-20-6-8-22/h9-10,20H,2-8H2,1H3,(H,25,26). The summed E-state index contributed by atoms with van der Waals surface area (Å²) < 4.78 is 17.0. The lowest BCUT2D eigenvalue weighted by molar-refractivity contribution is 0.0695. The number of rotatable bonds is 4. The predicted octanol–water partition coefficient (Wildman–Crippen LogP) is 1.54. The molecule has 0 radical (unpaired) electrons. The number of aromatic carboxylic acids is 1. The van der Waals surface area contributed by atoms with E-state index in [0.717, 1.165) is 25.9 Å². The van der Waals surface area contributed by atoms with Gasteiger partial charge in [0.1, 0.15) is 11.2 Å². The van der Waals surface area contributed by atoms with Crippen molar-refractivity contribution >= 4 is 22.8 Å². The topological polar surface area (TPSA) is 87.5 Å². The number of nitrogens with one attached hydrogen (secondary N) is 1. The van der Waals surface area contributed by atoms with Gasteiger partial charge in [-0.15, -0.1) is 0 Å². The number of hydrogen-bond donors (Lipinski definition) is 2. The van der Waals surface area contributed by atoms with Crippen molar-refractivity contribution in [2.45, 2.75) is 32.2 Å². The van der Waals surface area contributed by atoms with E-state index in [2.05, 4.69) is 10.3 Å². The molecule has 8 heteroatoms. The molecule has 0 bridgehead atoms. The monoisotopic (exact) mass is 360 g/mol. The lowest BCUT2D eigenvalue weighted by Crippen LogP contribution is -2.44. The smallest absolute Gasteiger partial charge is 0.341 e. The van der Waals surface area contributed by atoms with Gasteiger partial charge >= 0.3 is 5.97 Å². The van der Waals surface area contributed by atoms with Gasteiger partial charge < -0.3 is 19.9 Å². The molecule has 1 saturated heterocycles. The first kappa shape index (κ1) is 17.0. The first-order valence-corrected chi connectivity index (χ1v) is 8.99. The Morgan fingerprint density at radius 2 is 2.08 bits per heavy atom. The SMILES string of the molecule is CCc1c(F)c(N2CCNCC2)nc2c1c(=O)c(C(=O)O)cn2C1CC1. The summed E-state index contributed by atoms with van der Waals surface area (Å²) in [4.78, 5) is 30.7. The molecule has 1 aliphatic heterocycles. The summed E-state index contributed by atoms with van der Waals surface area (Å²) in [5.41, 5.74) is -0.324. The molecule has 2 aromatic rings. The summed E-state index contributed by atoms with van der Waals surface area (Å²) in [7, 11) is 0. The summed E-state index contributed by atoms with van der Waals surface area (Å²) in [6, 6.07) is 0.120. The summed E-state index contributed by atoms with van der Waals surface area (Å²) in [6.45, 7) is 4.54. The molecule has 0 amide bonds. The van der Waals surface area contributed by atoms with Crippen molar-refractivity contribution in [1.82, 2.24) is 14.9 Å². The maximum Gasteiger partial charge on any atom is 0.341 e. The minimum atomic E-state index is -1.29. The van der Waals surface area contributed by atoms with Crippen molar-refractivity contribution in [2.75, 3.05) is 31.1 Å². The van der Waals surface area contributed by atoms with E-state index in [4.69, 9.17) is 0 Å². The fraction of sp³-hybridized carbons (Fsp3) is 0.500. The van der Waals surface area contributed by atoms with Crippen LogP contribution in [0, 0.1) is 5.82 Å². The molecule has 2 N–H and O–H groups in total. The predicted molar refractivity (Wildman–Crippen MR) is 95.7 cm³/mol. The van der Waals surface area contributed by atoms with Gasteiger partial charge in [0.15, 0.2) is 11.6 Å². The molecular formula is C18H21FN4O3. The number of nitrogens with zero attached hydrogens (tertiary/aromatic N) is 3. The zero-order chi connectivity index (χ0) is 18.4. The van der Waals surface area contributed by atoms with Crippen LogP contribution in [0.1, 0.15) is 41.7 Å². The molecule has 26 heavy (non-hydrogen) atoms. The van der Waals surface area contributed by atoms with Crippen molar-refractivity contribution in [3.8, 4) is 0 Å². The Kier molecular flexibility index (Phi) is 4.14. The van der Waals surface area contributed by atoms with Crippen LogP contribution in [0.4, 0.5) is 10.2 Å². The van der Waals surface area contributed by atoms with Crippen molar-refractivity contribution in [2.24, 2.45) is 0 Å². The van der Waals surface area contributed by atoms with E-state index in [-0.39, 0.29) is 28.4 Å². The zero-order valence-electron chi connectivity index (χ0n) is 14.6. The fourth-order valence-corrected chi connectivity index (χ4v) is 3.61. The number of aromatic nitrogens is 2. The van der Waals surface area contributed by atoms with Gasteiger partial charge in [0, 0.05) is 44.0 Å². The number of carbonyl (C=O) groups is 1. The van der Waals surface area contributed by atoms with E-state index in [1.807, 2.05) is 4.90 Å². The van der Waals surface area contributed by atoms with Crippen LogP contribution >= 0.6 is 0 Å². The third kappa shape index (κ3) is 2.65. The fourth-order valence-electron chi connectivity index (χ4n) is 3.61. The molecule has 7 nitrogen and oxygen atoms in total. The zero-order valence-corrected chi connectivity index (χ0v) is 14.6. The van der Waals surface area contributed by atoms with E-state index in [9.17, 15) is 14.7 Å². The van der Waals surface area contributed by atoms with E-state index >= 15 is 4.39 Å². The second-order valence-electron chi connectivity index (χ2n) is 6.83. The van der Waals surface area contributed by atoms with Gasteiger partial charge in [-0.05, 0) is 19.3 Å². The van der Waals surface area contributed by atoms with E-state index in [1.165, 1.54) is 6.20 Å².